The van der Waals surface area contributed by atoms with Gasteiger partial charge in [0.05, 0.1) is 7.11 Å². The Morgan fingerprint density at radius 2 is 1.82 bits per heavy atom. The summed E-state index contributed by atoms with van der Waals surface area (Å²) in [4.78, 5) is 18.1. The summed E-state index contributed by atoms with van der Waals surface area (Å²) >= 11 is 0. The van der Waals surface area contributed by atoms with Crippen LogP contribution in [0.4, 0.5) is 17.6 Å². The molecule has 0 N–H and O–H groups in total. The van der Waals surface area contributed by atoms with Gasteiger partial charge in [-0.3, -0.25) is 9.69 Å². The van der Waals surface area contributed by atoms with Gasteiger partial charge >= 0.3 is 6.61 Å². The largest absolute Gasteiger partial charge is 0.493 e. The first kappa shape index (κ1) is 29.9. The number of ether oxygens (including phenoxy) is 2. The summed E-state index contributed by atoms with van der Waals surface area (Å²) < 4.78 is 63.1. The van der Waals surface area contributed by atoms with Crippen LogP contribution in [0.15, 0.2) is 42.0 Å². The van der Waals surface area contributed by atoms with E-state index in [0.29, 0.717) is 12.5 Å². The monoisotopic (exact) mass is 562 g/mol. The van der Waals surface area contributed by atoms with E-state index in [1.165, 1.54) is 69.5 Å². The number of hydrogen-bond donors (Lipinski definition) is 0. The van der Waals surface area contributed by atoms with E-state index in [0.717, 1.165) is 37.6 Å². The van der Waals surface area contributed by atoms with E-state index in [4.69, 9.17) is 4.74 Å². The number of amides is 1. The standard InChI is InChI=1S/C31H38F4N2O3/c1-21(15-23-10-12-25(32)17-27(23)33)18-37(20-26-9-6-14-36(26)19-22-7-4-3-5-8-22)30(38)24-11-13-28(40-31(34)35)29(16-24)39-2/h10-13,15-17,22,26,31H,3-9,14,18-20H2,1-2H3/t26-/m0/s1. The molecule has 4 rings (SSSR count). The van der Waals surface area contributed by atoms with Gasteiger partial charge in [0.2, 0.25) is 0 Å². The predicted molar refractivity (Wildman–Crippen MR) is 147 cm³/mol. The zero-order valence-electron chi connectivity index (χ0n) is 23.2. The fourth-order valence-electron chi connectivity index (χ4n) is 5.92. The highest BCUT2D eigenvalue weighted by Gasteiger charge is 2.31. The van der Waals surface area contributed by atoms with E-state index < -0.39 is 18.2 Å². The number of benzene rings is 2. The topological polar surface area (TPSA) is 42.0 Å². The number of likely N-dealkylation sites (tertiary alicyclic amines) is 1. The first-order valence-electron chi connectivity index (χ1n) is 14.0. The predicted octanol–water partition coefficient (Wildman–Crippen LogP) is 7.17. The summed E-state index contributed by atoms with van der Waals surface area (Å²) in [5.41, 5.74) is 1.23. The molecule has 1 aliphatic carbocycles. The van der Waals surface area contributed by atoms with Crippen LogP contribution in [0.5, 0.6) is 11.5 Å². The summed E-state index contributed by atoms with van der Waals surface area (Å²) in [5.74, 6) is -1.07. The molecule has 1 atom stereocenters. The van der Waals surface area contributed by atoms with Gasteiger partial charge in [0.1, 0.15) is 11.6 Å². The summed E-state index contributed by atoms with van der Waals surface area (Å²) in [7, 11) is 1.32. The number of carbonyl (C=O) groups is 1. The van der Waals surface area contributed by atoms with Gasteiger partial charge in [-0.2, -0.15) is 8.78 Å². The molecular weight excluding hydrogens is 524 g/mol. The Labute approximate surface area is 233 Å². The average Bonchev–Trinajstić information content (AvgIpc) is 3.36. The maximum Gasteiger partial charge on any atom is 0.387 e. The fraction of sp³-hybridized carbons (Fsp3) is 0.516. The van der Waals surface area contributed by atoms with E-state index in [1.54, 1.807) is 17.9 Å². The SMILES string of the molecule is COc1cc(C(=O)N(CC(C)=Cc2ccc(F)cc2F)C[C@@H]2CCCN2CC2CCCCC2)ccc1OC(F)F. The summed E-state index contributed by atoms with van der Waals surface area (Å²) in [5, 5.41) is 0. The van der Waals surface area contributed by atoms with Gasteiger partial charge in [0, 0.05) is 42.9 Å². The smallest absolute Gasteiger partial charge is 0.387 e. The lowest BCUT2D eigenvalue weighted by Crippen LogP contribution is -2.45. The molecule has 2 fully saturated rings. The lowest BCUT2D eigenvalue weighted by Gasteiger charge is -2.34. The van der Waals surface area contributed by atoms with Crippen LogP contribution in [0.1, 0.15) is 67.8 Å². The van der Waals surface area contributed by atoms with Gasteiger partial charge < -0.3 is 14.4 Å². The second-order valence-electron chi connectivity index (χ2n) is 10.9. The first-order valence-corrected chi connectivity index (χ1v) is 14.0. The maximum atomic E-state index is 14.3. The molecule has 9 heteroatoms. The minimum Gasteiger partial charge on any atom is -0.493 e. The highest BCUT2D eigenvalue weighted by Crippen LogP contribution is 2.31. The number of methoxy groups -OCH3 is 1. The number of halogens is 4. The van der Waals surface area contributed by atoms with Crippen LogP contribution in [-0.4, -0.2) is 61.6 Å². The zero-order chi connectivity index (χ0) is 28.6. The minimum absolute atomic E-state index is 0.0338. The van der Waals surface area contributed by atoms with Gasteiger partial charge in [-0.25, -0.2) is 8.78 Å². The van der Waals surface area contributed by atoms with Crippen LogP contribution >= 0.6 is 0 Å². The molecule has 5 nitrogen and oxygen atoms in total. The molecule has 1 saturated heterocycles. The number of carbonyl (C=O) groups excluding carboxylic acids is 1. The van der Waals surface area contributed by atoms with Gasteiger partial charge in [-0.15, -0.1) is 0 Å². The average molecular weight is 563 g/mol. The van der Waals surface area contributed by atoms with Crippen molar-refractivity contribution in [1.29, 1.82) is 0 Å². The normalized spacial score (nSPS) is 18.8. The fourth-order valence-corrected chi connectivity index (χ4v) is 5.92. The van der Waals surface area contributed by atoms with Crippen molar-refractivity contribution in [2.45, 2.75) is 64.5 Å². The van der Waals surface area contributed by atoms with Crippen molar-refractivity contribution in [2.24, 2.45) is 5.92 Å². The Balaban J connectivity index is 1.57. The lowest BCUT2D eigenvalue weighted by molar-refractivity contribution is -0.0512. The van der Waals surface area contributed by atoms with Gasteiger partial charge in [-0.1, -0.05) is 30.9 Å². The third-order valence-electron chi connectivity index (χ3n) is 7.87. The van der Waals surface area contributed by atoms with E-state index in [-0.39, 0.29) is 41.1 Å². The van der Waals surface area contributed by atoms with Crippen LogP contribution in [-0.2, 0) is 0 Å². The Morgan fingerprint density at radius 3 is 2.52 bits per heavy atom. The molecule has 0 aromatic heterocycles. The third kappa shape index (κ3) is 7.99. The zero-order valence-corrected chi connectivity index (χ0v) is 23.2. The van der Waals surface area contributed by atoms with Crippen LogP contribution in [0.25, 0.3) is 6.08 Å². The maximum absolute atomic E-state index is 14.3. The van der Waals surface area contributed by atoms with Crippen molar-refractivity contribution in [3.8, 4) is 11.5 Å². The third-order valence-corrected chi connectivity index (χ3v) is 7.87. The highest BCUT2D eigenvalue weighted by atomic mass is 19.3. The highest BCUT2D eigenvalue weighted by molar-refractivity contribution is 5.95. The molecule has 1 saturated carbocycles. The van der Waals surface area contributed by atoms with Gasteiger partial charge in [0.15, 0.2) is 11.5 Å². The quantitative estimate of drug-likeness (QED) is 0.273. The second kappa shape index (κ2) is 14.0. The molecule has 2 aromatic carbocycles. The van der Waals surface area contributed by atoms with Crippen molar-refractivity contribution in [3.63, 3.8) is 0 Å². The minimum atomic E-state index is -3.02. The molecule has 0 radical (unpaired) electrons. The summed E-state index contributed by atoms with van der Waals surface area (Å²) in [6, 6.07) is 7.74. The van der Waals surface area contributed by atoms with Gasteiger partial charge in [0.25, 0.3) is 5.91 Å². The number of rotatable bonds is 11. The van der Waals surface area contributed by atoms with Crippen LogP contribution in [0.2, 0.25) is 0 Å². The summed E-state index contributed by atoms with van der Waals surface area (Å²) in [6.45, 7) is 1.49. The molecule has 2 aromatic rings. The van der Waals surface area contributed by atoms with Crippen molar-refractivity contribution in [3.05, 3.63) is 64.7 Å². The molecule has 1 heterocycles. The molecule has 40 heavy (non-hydrogen) atoms. The Hall–Kier alpha value is -3.07. The molecule has 218 valence electrons. The van der Waals surface area contributed by atoms with Crippen LogP contribution < -0.4 is 9.47 Å². The van der Waals surface area contributed by atoms with Crippen molar-refractivity contribution < 1.29 is 31.8 Å². The molecule has 1 aliphatic heterocycles. The molecule has 2 aliphatic rings. The van der Waals surface area contributed by atoms with E-state index in [1.807, 2.05) is 0 Å². The Kier molecular flexibility index (Phi) is 10.5. The lowest BCUT2D eigenvalue weighted by atomic mass is 9.89. The number of hydrogen-bond acceptors (Lipinski definition) is 4. The van der Waals surface area contributed by atoms with E-state index in [9.17, 15) is 22.4 Å². The van der Waals surface area contributed by atoms with Gasteiger partial charge in [-0.05, 0) is 75.4 Å². The molecule has 0 spiro atoms. The Morgan fingerprint density at radius 1 is 1.05 bits per heavy atom. The number of nitrogens with zero attached hydrogens (tertiary/aromatic N) is 2. The van der Waals surface area contributed by atoms with Crippen LogP contribution in [0.3, 0.4) is 0 Å². The molecule has 1 amide bonds. The van der Waals surface area contributed by atoms with E-state index >= 15 is 0 Å². The second-order valence-corrected chi connectivity index (χ2v) is 10.9. The van der Waals surface area contributed by atoms with E-state index in [2.05, 4.69) is 9.64 Å². The van der Waals surface area contributed by atoms with Crippen molar-refractivity contribution in [2.75, 3.05) is 33.3 Å². The van der Waals surface area contributed by atoms with Crippen molar-refractivity contribution >= 4 is 12.0 Å². The Bertz CT molecular complexity index is 1180. The molecule has 0 bridgehead atoms. The van der Waals surface area contributed by atoms with Crippen LogP contribution in [0, 0.1) is 17.6 Å². The number of alkyl halides is 2. The van der Waals surface area contributed by atoms with Crippen molar-refractivity contribution in [1.82, 2.24) is 9.80 Å². The first-order chi connectivity index (χ1) is 19.2. The summed E-state index contributed by atoms with van der Waals surface area (Å²) in [6.07, 6.45) is 9.96. The molecule has 0 unspecified atom stereocenters. The molecular formula is C31H38F4N2O3.